The molecule has 2 N–H and O–H groups in total. The van der Waals surface area contributed by atoms with E-state index in [2.05, 4.69) is 15.0 Å². The van der Waals surface area contributed by atoms with Gasteiger partial charge in [0.2, 0.25) is 10.0 Å². The van der Waals surface area contributed by atoms with Crippen LogP contribution in [0.2, 0.25) is 0 Å². The predicted molar refractivity (Wildman–Crippen MR) is 85.2 cm³/mol. The molecule has 1 aromatic heterocycles. The first kappa shape index (κ1) is 15.6. The van der Waals surface area contributed by atoms with Gasteiger partial charge in [-0.3, -0.25) is 9.78 Å². The Bertz CT molecular complexity index is 785. The zero-order chi connectivity index (χ0) is 16.3. The number of carbonyl (C=O) groups is 1. The Hall–Kier alpha value is -2.25. The molecule has 1 amide bonds. The molecule has 1 aliphatic carbocycles. The maximum Gasteiger partial charge on any atom is 0.251 e. The standard InChI is InChI=1S/C16H17N3O3S/c20-16(19-14-5-6-14)13-3-7-15(8-4-13)23(21,22)18-11-12-2-1-9-17-10-12/h1-4,7-10,14,18H,5-6,11H2,(H,19,20). The van der Waals surface area contributed by atoms with E-state index in [-0.39, 0.29) is 23.4 Å². The van der Waals surface area contributed by atoms with Gasteiger partial charge in [0.25, 0.3) is 5.91 Å². The van der Waals surface area contributed by atoms with Crippen LogP contribution in [-0.2, 0) is 16.6 Å². The molecule has 0 radical (unpaired) electrons. The third-order valence-corrected chi connectivity index (χ3v) is 4.95. The number of nitrogens with zero attached hydrogens (tertiary/aromatic N) is 1. The van der Waals surface area contributed by atoms with Crippen molar-refractivity contribution in [1.82, 2.24) is 15.0 Å². The molecular weight excluding hydrogens is 314 g/mol. The van der Waals surface area contributed by atoms with Gasteiger partial charge in [-0.1, -0.05) is 6.07 Å². The van der Waals surface area contributed by atoms with Crippen molar-refractivity contribution in [2.75, 3.05) is 0 Å². The average molecular weight is 331 g/mol. The fraction of sp³-hybridized carbons (Fsp3) is 0.250. The number of aromatic nitrogens is 1. The Morgan fingerprint density at radius 3 is 2.52 bits per heavy atom. The SMILES string of the molecule is O=C(NC1CC1)c1ccc(S(=O)(=O)NCc2cccnc2)cc1. The lowest BCUT2D eigenvalue weighted by Gasteiger charge is -2.08. The molecule has 0 saturated heterocycles. The van der Waals surface area contributed by atoms with Crippen molar-refractivity contribution >= 4 is 15.9 Å². The van der Waals surface area contributed by atoms with E-state index >= 15 is 0 Å². The van der Waals surface area contributed by atoms with Gasteiger partial charge in [0.15, 0.2) is 0 Å². The molecule has 23 heavy (non-hydrogen) atoms. The number of hydrogen-bond acceptors (Lipinski definition) is 4. The van der Waals surface area contributed by atoms with E-state index in [1.807, 2.05) is 0 Å². The second-order valence-corrected chi connectivity index (χ2v) is 7.22. The smallest absolute Gasteiger partial charge is 0.251 e. The Morgan fingerprint density at radius 1 is 1.17 bits per heavy atom. The van der Waals surface area contributed by atoms with Crippen LogP contribution in [0, 0.1) is 0 Å². The monoisotopic (exact) mass is 331 g/mol. The van der Waals surface area contributed by atoms with E-state index in [0.29, 0.717) is 5.56 Å². The first-order chi connectivity index (χ1) is 11.0. The molecule has 0 bridgehead atoms. The van der Waals surface area contributed by atoms with Crippen molar-refractivity contribution in [3.05, 3.63) is 59.9 Å². The van der Waals surface area contributed by atoms with Gasteiger partial charge in [0.1, 0.15) is 0 Å². The van der Waals surface area contributed by atoms with E-state index in [1.165, 1.54) is 24.3 Å². The van der Waals surface area contributed by atoms with Crippen LogP contribution in [0.4, 0.5) is 0 Å². The highest BCUT2D eigenvalue weighted by Gasteiger charge is 2.24. The lowest BCUT2D eigenvalue weighted by molar-refractivity contribution is 0.0951. The Balaban J connectivity index is 1.66. The molecule has 1 aliphatic rings. The summed E-state index contributed by atoms with van der Waals surface area (Å²) >= 11 is 0. The van der Waals surface area contributed by atoms with Gasteiger partial charge >= 0.3 is 0 Å². The van der Waals surface area contributed by atoms with Gasteiger partial charge in [0, 0.05) is 30.5 Å². The second-order valence-electron chi connectivity index (χ2n) is 5.46. The zero-order valence-corrected chi connectivity index (χ0v) is 13.2. The number of benzene rings is 1. The molecular formula is C16H17N3O3S. The second kappa shape index (κ2) is 6.47. The molecule has 3 rings (SSSR count). The van der Waals surface area contributed by atoms with Gasteiger partial charge in [-0.25, -0.2) is 13.1 Å². The molecule has 0 spiro atoms. The summed E-state index contributed by atoms with van der Waals surface area (Å²) in [6.07, 6.45) is 5.25. The summed E-state index contributed by atoms with van der Waals surface area (Å²) in [5, 5.41) is 2.86. The highest BCUT2D eigenvalue weighted by atomic mass is 32.2. The minimum Gasteiger partial charge on any atom is -0.349 e. The van der Waals surface area contributed by atoms with E-state index in [9.17, 15) is 13.2 Å². The van der Waals surface area contributed by atoms with Crippen LogP contribution in [0.1, 0.15) is 28.8 Å². The normalized spacial score (nSPS) is 14.4. The molecule has 1 fully saturated rings. The maximum absolute atomic E-state index is 12.2. The lowest BCUT2D eigenvalue weighted by Crippen LogP contribution is -2.26. The summed E-state index contributed by atoms with van der Waals surface area (Å²) in [5.74, 6) is -0.167. The number of sulfonamides is 1. The van der Waals surface area contributed by atoms with E-state index in [0.717, 1.165) is 18.4 Å². The number of hydrogen-bond donors (Lipinski definition) is 2. The van der Waals surface area contributed by atoms with Crippen LogP contribution in [0.5, 0.6) is 0 Å². The largest absolute Gasteiger partial charge is 0.349 e. The molecule has 6 nitrogen and oxygen atoms in total. The summed E-state index contributed by atoms with van der Waals surface area (Å²) in [6, 6.07) is 9.73. The molecule has 0 atom stereocenters. The van der Waals surface area contributed by atoms with Crippen LogP contribution in [0.25, 0.3) is 0 Å². The third-order valence-electron chi connectivity index (χ3n) is 3.53. The Kier molecular flexibility index (Phi) is 4.40. The molecule has 1 aromatic carbocycles. The van der Waals surface area contributed by atoms with Crippen LogP contribution in [0.15, 0.2) is 53.7 Å². The minimum atomic E-state index is -3.62. The lowest BCUT2D eigenvalue weighted by atomic mass is 10.2. The number of nitrogens with one attached hydrogen (secondary N) is 2. The van der Waals surface area contributed by atoms with E-state index in [1.54, 1.807) is 24.5 Å². The van der Waals surface area contributed by atoms with Crippen LogP contribution < -0.4 is 10.0 Å². The fourth-order valence-electron chi connectivity index (χ4n) is 2.05. The summed E-state index contributed by atoms with van der Waals surface area (Å²) in [7, 11) is -3.62. The van der Waals surface area contributed by atoms with Crippen LogP contribution in [-0.4, -0.2) is 25.4 Å². The Morgan fingerprint density at radius 2 is 1.91 bits per heavy atom. The average Bonchev–Trinajstić information content (AvgIpc) is 3.38. The topological polar surface area (TPSA) is 88.2 Å². The van der Waals surface area contributed by atoms with Crippen molar-refractivity contribution in [2.45, 2.75) is 30.3 Å². The molecule has 1 saturated carbocycles. The highest BCUT2D eigenvalue weighted by Crippen LogP contribution is 2.19. The predicted octanol–water partition coefficient (Wildman–Crippen LogP) is 1.45. The van der Waals surface area contributed by atoms with Crippen molar-refractivity contribution in [1.29, 1.82) is 0 Å². The van der Waals surface area contributed by atoms with Gasteiger partial charge in [-0.2, -0.15) is 0 Å². The van der Waals surface area contributed by atoms with Crippen molar-refractivity contribution in [2.24, 2.45) is 0 Å². The summed E-state index contributed by atoms with van der Waals surface area (Å²) in [6.45, 7) is 0.167. The van der Waals surface area contributed by atoms with Gasteiger partial charge in [0.05, 0.1) is 4.90 Å². The first-order valence-electron chi connectivity index (χ1n) is 7.34. The number of pyridine rings is 1. The highest BCUT2D eigenvalue weighted by molar-refractivity contribution is 7.89. The molecule has 120 valence electrons. The molecule has 7 heteroatoms. The summed E-state index contributed by atoms with van der Waals surface area (Å²) in [4.78, 5) is 16.0. The molecule has 0 unspecified atom stereocenters. The minimum absolute atomic E-state index is 0.129. The van der Waals surface area contributed by atoms with Gasteiger partial charge in [-0.05, 0) is 48.7 Å². The third kappa shape index (κ3) is 4.14. The first-order valence-corrected chi connectivity index (χ1v) is 8.82. The Labute approximate surface area is 135 Å². The summed E-state index contributed by atoms with van der Waals surface area (Å²) in [5.41, 5.74) is 1.24. The molecule has 0 aliphatic heterocycles. The quantitative estimate of drug-likeness (QED) is 0.838. The maximum atomic E-state index is 12.2. The van der Waals surface area contributed by atoms with Crippen molar-refractivity contribution in [3.8, 4) is 0 Å². The van der Waals surface area contributed by atoms with Crippen LogP contribution in [0.3, 0.4) is 0 Å². The van der Waals surface area contributed by atoms with Gasteiger partial charge in [-0.15, -0.1) is 0 Å². The van der Waals surface area contributed by atoms with E-state index < -0.39 is 10.0 Å². The summed E-state index contributed by atoms with van der Waals surface area (Å²) < 4.78 is 27.0. The fourth-order valence-corrected chi connectivity index (χ4v) is 3.06. The van der Waals surface area contributed by atoms with Crippen molar-refractivity contribution < 1.29 is 13.2 Å². The van der Waals surface area contributed by atoms with Crippen LogP contribution >= 0.6 is 0 Å². The number of amides is 1. The number of rotatable bonds is 6. The molecule has 2 aromatic rings. The molecule has 1 heterocycles. The number of carbonyl (C=O) groups excluding carboxylic acids is 1. The van der Waals surface area contributed by atoms with Crippen molar-refractivity contribution in [3.63, 3.8) is 0 Å². The van der Waals surface area contributed by atoms with Gasteiger partial charge < -0.3 is 5.32 Å². The van der Waals surface area contributed by atoms with E-state index in [4.69, 9.17) is 0 Å². The zero-order valence-electron chi connectivity index (χ0n) is 12.4.